The SMILES string of the molecule is [2H]C([2H])(CC([2H])([2H])c1sccc1OC)C[C@@]1(c2ccccn2)CC([2H])([2H])OC2(C1)C([2H])([2H])C([2H])([2H])C([2H])([2H])C2([2H])[2H]. The number of hydrogen-bond acceptors (Lipinski definition) is 4. The zero-order valence-electron chi connectivity index (χ0n) is 29.0. The van der Waals surface area contributed by atoms with E-state index in [-0.39, 0.29) is 16.3 Å². The maximum absolute atomic E-state index is 8.93. The Morgan fingerprint density at radius 1 is 1.33 bits per heavy atom. The van der Waals surface area contributed by atoms with E-state index >= 15 is 0 Å². The number of thiophene rings is 1. The van der Waals surface area contributed by atoms with Crippen molar-refractivity contribution in [1.29, 1.82) is 0 Å². The normalized spacial score (nSPS) is 42.4. The zero-order chi connectivity index (χ0) is 31.1. The summed E-state index contributed by atoms with van der Waals surface area (Å²) in [6.45, 7) is -2.88. The molecule has 146 valence electrons. The van der Waals surface area contributed by atoms with Crippen LogP contribution in [0.5, 0.6) is 5.75 Å². The molecule has 1 aliphatic heterocycles. The van der Waals surface area contributed by atoms with Gasteiger partial charge in [-0.1, -0.05) is 25.2 Å². The maximum atomic E-state index is 8.93. The van der Waals surface area contributed by atoms with Crippen molar-refractivity contribution in [3.8, 4) is 5.75 Å². The molecule has 2 aromatic heterocycles. The number of ether oxygens (including phenoxy) is 2. The highest BCUT2D eigenvalue weighted by atomic mass is 32.1. The van der Waals surface area contributed by atoms with Crippen LogP contribution >= 0.6 is 11.3 Å². The number of aromatic nitrogens is 1. The average molecular weight is 400 g/mol. The van der Waals surface area contributed by atoms with Gasteiger partial charge in [0.15, 0.2) is 0 Å². The van der Waals surface area contributed by atoms with Crippen molar-refractivity contribution in [2.24, 2.45) is 0 Å². The van der Waals surface area contributed by atoms with E-state index < -0.39 is 81.5 Å². The Morgan fingerprint density at radius 2 is 2.22 bits per heavy atom. The van der Waals surface area contributed by atoms with Gasteiger partial charge in [0.25, 0.3) is 0 Å². The van der Waals surface area contributed by atoms with Gasteiger partial charge in [-0.05, 0) is 68.4 Å². The lowest BCUT2D eigenvalue weighted by Gasteiger charge is -2.46. The molecule has 4 rings (SSSR count). The van der Waals surface area contributed by atoms with E-state index in [0.29, 0.717) is 0 Å². The summed E-state index contributed by atoms with van der Waals surface area (Å²) in [7, 11) is 1.36. The minimum Gasteiger partial charge on any atom is -0.496 e. The molecule has 3 heterocycles. The zero-order valence-corrected chi connectivity index (χ0v) is 15.8. The Kier molecular flexibility index (Phi) is 2.63. The summed E-state index contributed by atoms with van der Waals surface area (Å²) >= 11 is 1.04. The molecular formula is C23H31NO2S. The topological polar surface area (TPSA) is 31.4 Å². The molecule has 1 saturated carbocycles. The molecule has 0 radical (unpaired) electrons. The van der Waals surface area contributed by atoms with Crippen molar-refractivity contribution < 1.29 is 28.7 Å². The lowest BCUT2D eigenvalue weighted by molar-refractivity contribution is -0.104. The second-order valence-corrected chi connectivity index (χ2v) is 7.44. The number of pyridine rings is 1. The molecule has 0 unspecified atom stereocenters. The summed E-state index contributed by atoms with van der Waals surface area (Å²) in [6.07, 6.45) is -20.0. The summed E-state index contributed by atoms with van der Waals surface area (Å²) in [5.41, 5.74) is -4.87. The predicted octanol–water partition coefficient (Wildman–Crippen LogP) is 5.93. The van der Waals surface area contributed by atoms with Crippen molar-refractivity contribution in [3.05, 3.63) is 46.4 Å². The van der Waals surface area contributed by atoms with Crippen LogP contribution < -0.4 is 4.74 Å². The number of nitrogens with zero attached hydrogens (tertiary/aromatic N) is 1. The van der Waals surface area contributed by atoms with Crippen LogP contribution in [0.15, 0.2) is 35.8 Å². The van der Waals surface area contributed by atoms with E-state index in [4.69, 9.17) is 28.7 Å². The van der Waals surface area contributed by atoms with E-state index in [9.17, 15) is 0 Å². The van der Waals surface area contributed by atoms with Crippen LogP contribution in [0.2, 0.25) is 0 Å². The molecule has 0 amide bonds. The predicted molar refractivity (Wildman–Crippen MR) is 111 cm³/mol. The fraction of sp³-hybridized carbons (Fsp3) is 0.609. The first-order valence-corrected chi connectivity index (χ1v) is 9.56. The third-order valence-electron chi connectivity index (χ3n) is 4.73. The molecular weight excluding hydrogens is 354 g/mol. The molecule has 0 bridgehead atoms. The monoisotopic (exact) mass is 399 g/mol. The summed E-state index contributed by atoms with van der Waals surface area (Å²) < 4.78 is 131. The Bertz CT molecular complexity index is 1260. The fourth-order valence-corrected chi connectivity index (χ4v) is 4.16. The van der Waals surface area contributed by atoms with Crippen molar-refractivity contribution in [1.82, 2.24) is 4.98 Å². The lowest BCUT2D eigenvalue weighted by atomic mass is 9.67. The summed E-state index contributed by atoms with van der Waals surface area (Å²) in [6, 6.07) is 6.06. The molecule has 27 heavy (non-hydrogen) atoms. The van der Waals surface area contributed by atoms with Gasteiger partial charge >= 0.3 is 0 Å². The third-order valence-corrected chi connectivity index (χ3v) is 5.58. The quantitative estimate of drug-likeness (QED) is 0.578. The minimum atomic E-state index is -3.47. The van der Waals surface area contributed by atoms with Crippen LogP contribution in [0.25, 0.3) is 0 Å². The molecule has 3 nitrogen and oxygen atoms in total. The van der Waals surface area contributed by atoms with E-state index in [1.54, 1.807) is 17.5 Å². The Labute approximate surface area is 186 Å². The van der Waals surface area contributed by atoms with Crippen LogP contribution in [0, 0.1) is 0 Å². The van der Waals surface area contributed by atoms with Crippen LogP contribution in [0.1, 0.15) is 87.3 Å². The van der Waals surface area contributed by atoms with E-state index in [0.717, 1.165) is 11.3 Å². The minimum absolute atomic E-state index is 0.0457. The molecule has 0 N–H and O–H groups in total. The highest BCUT2D eigenvalue weighted by Crippen LogP contribution is 2.50. The highest BCUT2D eigenvalue weighted by molar-refractivity contribution is 7.10. The molecule has 4 heteroatoms. The number of hydrogen-bond donors (Lipinski definition) is 0. The lowest BCUT2D eigenvalue weighted by Crippen LogP contribution is -2.46. The smallest absolute Gasteiger partial charge is 0.132 e. The van der Waals surface area contributed by atoms with Gasteiger partial charge in [0, 0.05) is 45.2 Å². The number of methoxy groups -OCH3 is 1. The average Bonchev–Trinajstić information content (AvgIpc) is 3.33. The second kappa shape index (κ2) is 8.32. The Hall–Kier alpha value is -1.39. The van der Waals surface area contributed by atoms with Crippen LogP contribution in [-0.4, -0.2) is 24.3 Å². The van der Waals surface area contributed by atoms with Crippen molar-refractivity contribution in [3.63, 3.8) is 0 Å². The van der Waals surface area contributed by atoms with Crippen molar-refractivity contribution >= 4 is 11.3 Å². The molecule has 1 atom stereocenters. The van der Waals surface area contributed by atoms with Crippen LogP contribution in [0.4, 0.5) is 0 Å². The summed E-state index contributed by atoms with van der Waals surface area (Å²) in [4.78, 5) is 4.43. The Balaban J connectivity index is 1.89. The van der Waals surface area contributed by atoms with E-state index in [2.05, 4.69) is 4.98 Å². The Morgan fingerprint density at radius 3 is 3.00 bits per heavy atom. The van der Waals surface area contributed by atoms with Gasteiger partial charge in [-0.15, -0.1) is 11.3 Å². The second-order valence-electron chi connectivity index (χ2n) is 6.52. The molecule has 2 aliphatic rings. The number of aryl methyl sites for hydroxylation is 1. The summed E-state index contributed by atoms with van der Waals surface area (Å²) in [5.74, 6) is 0.230. The molecule has 2 aromatic rings. The van der Waals surface area contributed by atoms with Crippen LogP contribution in [0.3, 0.4) is 0 Å². The standard InChI is InChI=1S/C23H31NO2S/c1-25-19-10-17-27-20(19)8-2-4-11-22(21-9-3-7-15-24-21)14-16-26-23(18-22)12-5-6-13-23/h3,7,9-10,15,17H,2,4-6,8,11-14,16,18H2,1H3/t22-/m1/s1/i4D2,5D2,6D2,8D2,12D2,13D2,16D2. The largest absolute Gasteiger partial charge is 0.496 e. The van der Waals surface area contributed by atoms with Gasteiger partial charge < -0.3 is 9.47 Å². The van der Waals surface area contributed by atoms with E-state index in [1.165, 1.54) is 25.4 Å². The maximum Gasteiger partial charge on any atom is 0.132 e. The molecule has 1 saturated heterocycles. The van der Waals surface area contributed by atoms with Gasteiger partial charge in [0.05, 0.1) is 15.5 Å². The molecule has 1 aliphatic carbocycles. The van der Waals surface area contributed by atoms with Gasteiger partial charge in [0.1, 0.15) is 5.75 Å². The van der Waals surface area contributed by atoms with Gasteiger partial charge in [-0.3, -0.25) is 4.98 Å². The first-order chi connectivity index (χ1) is 18.4. The van der Waals surface area contributed by atoms with E-state index in [1.807, 2.05) is 0 Å². The van der Waals surface area contributed by atoms with Gasteiger partial charge in [-0.2, -0.15) is 0 Å². The highest BCUT2D eigenvalue weighted by Gasteiger charge is 2.48. The van der Waals surface area contributed by atoms with Crippen molar-refractivity contribution in [2.75, 3.05) is 13.7 Å². The van der Waals surface area contributed by atoms with Gasteiger partial charge in [-0.25, -0.2) is 0 Å². The van der Waals surface area contributed by atoms with Gasteiger partial charge in [0.2, 0.25) is 0 Å². The van der Waals surface area contributed by atoms with Crippen molar-refractivity contribution in [2.45, 2.75) is 74.9 Å². The first-order valence-electron chi connectivity index (χ1n) is 15.7. The molecule has 0 aromatic carbocycles. The summed E-state index contributed by atoms with van der Waals surface area (Å²) in [5, 5.41) is 1.60. The van der Waals surface area contributed by atoms with Crippen LogP contribution in [-0.2, 0) is 16.5 Å². The molecule has 2 fully saturated rings. The fourth-order valence-electron chi connectivity index (χ4n) is 3.41. The third kappa shape index (κ3) is 4.07. The molecule has 1 spiro atoms. The number of rotatable bonds is 7. The first kappa shape index (κ1) is 8.54.